The fourth-order valence-corrected chi connectivity index (χ4v) is 3.76. The summed E-state index contributed by atoms with van der Waals surface area (Å²) in [6, 6.07) is 0. The molecule has 0 aliphatic carbocycles. The molecular weight excluding hydrogens is 396 g/mol. The smallest absolute Gasteiger partial charge is 0.337 e. The maximum absolute atomic E-state index is 12.1. The lowest BCUT2D eigenvalue weighted by Gasteiger charge is -2.40. The summed E-state index contributed by atoms with van der Waals surface area (Å²) < 4.78 is 6.88. The zero-order valence-electron chi connectivity index (χ0n) is 16.7. The third-order valence-corrected chi connectivity index (χ3v) is 6.03. The zero-order valence-corrected chi connectivity index (χ0v) is 18.3. The Labute approximate surface area is 165 Å². The molecule has 0 aromatic carbocycles. The van der Waals surface area contributed by atoms with Gasteiger partial charge in [-0.25, -0.2) is 4.79 Å². The van der Waals surface area contributed by atoms with Gasteiger partial charge in [0.25, 0.3) is 0 Å². The van der Waals surface area contributed by atoms with Crippen LogP contribution in [0.15, 0.2) is 10.7 Å². The number of rotatable bonds is 6. The topological polar surface area (TPSA) is 62.7 Å². The average molecular weight is 427 g/mol. The first kappa shape index (κ1) is 21.2. The zero-order chi connectivity index (χ0) is 19.7. The van der Waals surface area contributed by atoms with Crippen LogP contribution in [0.5, 0.6) is 0 Å². The number of aromatic nitrogens is 1. The van der Waals surface area contributed by atoms with Gasteiger partial charge in [0.05, 0.1) is 15.8 Å². The number of aryl methyl sites for hydroxylation is 1. The van der Waals surface area contributed by atoms with Crippen LogP contribution in [-0.4, -0.2) is 34.8 Å². The summed E-state index contributed by atoms with van der Waals surface area (Å²) in [5.41, 5.74) is 2.06. The Morgan fingerprint density at radius 3 is 2.50 bits per heavy atom. The number of aliphatic carboxylic acids is 1. The lowest BCUT2D eigenvalue weighted by atomic mass is 9.82. The number of carbonyl (C=O) groups is 1. The summed E-state index contributed by atoms with van der Waals surface area (Å²) in [5.74, 6) is -0.979. The number of hydrogen-bond donors (Lipinski definition) is 1. The highest BCUT2D eigenvalue weighted by Crippen LogP contribution is 2.41. The fourth-order valence-electron chi connectivity index (χ4n) is 3.19. The molecule has 2 heterocycles. The number of nitrogens with zero attached hydrogens (tertiary/aromatic N) is 2. The van der Waals surface area contributed by atoms with Crippen molar-refractivity contribution in [3.05, 3.63) is 21.9 Å². The predicted octanol–water partition coefficient (Wildman–Crippen LogP) is 5.11. The van der Waals surface area contributed by atoms with Crippen LogP contribution in [0.25, 0.3) is 0 Å². The molecule has 1 N–H and O–H groups in total. The number of halogens is 1. The number of ether oxygens (including phenoxy) is 1. The van der Waals surface area contributed by atoms with Crippen molar-refractivity contribution >= 4 is 27.6 Å². The van der Waals surface area contributed by atoms with Crippen LogP contribution in [0.1, 0.15) is 71.2 Å². The van der Waals surface area contributed by atoms with Gasteiger partial charge >= 0.3 is 5.97 Å². The number of anilines is 1. The minimum atomic E-state index is -1.04. The summed E-state index contributed by atoms with van der Waals surface area (Å²) in [5, 5.41) is 9.92. The molecule has 5 nitrogen and oxygen atoms in total. The molecule has 1 aliphatic heterocycles. The molecule has 0 amide bonds. The van der Waals surface area contributed by atoms with E-state index in [0.717, 1.165) is 42.5 Å². The molecule has 1 atom stereocenters. The molecule has 1 aromatic heterocycles. The van der Waals surface area contributed by atoms with Crippen molar-refractivity contribution in [1.82, 2.24) is 4.98 Å². The Balaban J connectivity index is 2.50. The Morgan fingerprint density at radius 2 is 2.00 bits per heavy atom. The van der Waals surface area contributed by atoms with Crippen molar-refractivity contribution in [3.8, 4) is 0 Å². The standard InChI is InChI=1S/C20H31BrN2O3/c1-7-20(5,6)26-17(18(24)25)15-13(2)22-12-14(21)16(15)23-10-8-19(3,4)9-11-23/h12,17H,7-11H2,1-6H3,(H,24,25). The van der Waals surface area contributed by atoms with Gasteiger partial charge in [-0.1, -0.05) is 20.8 Å². The van der Waals surface area contributed by atoms with Crippen LogP contribution in [0.4, 0.5) is 5.69 Å². The second-order valence-corrected chi connectivity index (χ2v) is 9.41. The van der Waals surface area contributed by atoms with Crippen molar-refractivity contribution in [2.45, 2.75) is 72.5 Å². The Kier molecular flexibility index (Phi) is 6.39. The van der Waals surface area contributed by atoms with Crippen LogP contribution in [0.3, 0.4) is 0 Å². The first-order valence-electron chi connectivity index (χ1n) is 9.28. The number of hydrogen-bond acceptors (Lipinski definition) is 4. The van der Waals surface area contributed by atoms with E-state index in [0.29, 0.717) is 16.7 Å². The van der Waals surface area contributed by atoms with Gasteiger partial charge < -0.3 is 14.7 Å². The quantitative estimate of drug-likeness (QED) is 0.684. The summed E-state index contributed by atoms with van der Waals surface area (Å²) in [6.45, 7) is 14.1. The lowest BCUT2D eigenvalue weighted by molar-refractivity contribution is -0.162. The van der Waals surface area contributed by atoms with E-state index in [2.05, 4.69) is 39.7 Å². The van der Waals surface area contributed by atoms with Crippen LogP contribution in [0, 0.1) is 12.3 Å². The van der Waals surface area contributed by atoms with Gasteiger partial charge in [0.15, 0.2) is 6.10 Å². The number of pyridine rings is 1. The van der Waals surface area contributed by atoms with E-state index >= 15 is 0 Å². The summed E-state index contributed by atoms with van der Waals surface area (Å²) >= 11 is 3.61. The van der Waals surface area contributed by atoms with Crippen LogP contribution < -0.4 is 4.90 Å². The molecule has 1 aromatic rings. The molecule has 1 unspecified atom stereocenters. The molecule has 6 heteroatoms. The first-order chi connectivity index (χ1) is 12.0. The number of piperidine rings is 1. The molecule has 146 valence electrons. The van der Waals surface area contributed by atoms with Gasteiger partial charge in [-0.2, -0.15) is 0 Å². The van der Waals surface area contributed by atoms with Crippen molar-refractivity contribution in [2.75, 3.05) is 18.0 Å². The molecule has 0 spiro atoms. The Bertz CT molecular complexity index is 663. The van der Waals surface area contributed by atoms with E-state index in [-0.39, 0.29) is 0 Å². The highest BCUT2D eigenvalue weighted by atomic mass is 79.9. The summed E-state index contributed by atoms with van der Waals surface area (Å²) in [7, 11) is 0. The monoisotopic (exact) mass is 426 g/mol. The number of carboxylic acids is 1. The highest BCUT2D eigenvalue weighted by Gasteiger charge is 2.35. The van der Waals surface area contributed by atoms with Crippen molar-refractivity contribution in [2.24, 2.45) is 5.41 Å². The molecule has 0 saturated carbocycles. The Morgan fingerprint density at radius 1 is 1.42 bits per heavy atom. The molecule has 0 bridgehead atoms. The second kappa shape index (κ2) is 7.85. The molecular formula is C20H31BrN2O3. The van der Waals surface area contributed by atoms with E-state index in [1.165, 1.54) is 0 Å². The van der Waals surface area contributed by atoms with E-state index < -0.39 is 17.7 Å². The largest absolute Gasteiger partial charge is 0.479 e. The fraction of sp³-hybridized carbons (Fsp3) is 0.700. The van der Waals surface area contributed by atoms with Gasteiger partial charge in [-0.3, -0.25) is 4.98 Å². The van der Waals surface area contributed by atoms with Gasteiger partial charge in [0.2, 0.25) is 0 Å². The first-order valence-corrected chi connectivity index (χ1v) is 10.1. The van der Waals surface area contributed by atoms with Gasteiger partial charge in [-0.05, 0) is 61.4 Å². The minimum Gasteiger partial charge on any atom is -0.479 e. The molecule has 1 saturated heterocycles. The molecule has 1 fully saturated rings. The molecule has 26 heavy (non-hydrogen) atoms. The second-order valence-electron chi connectivity index (χ2n) is 8.55. The molecule has 2 rings (SSSR count). The highest BCUT2D eigenvalue weighted by molar-refractivity contribution is 9.10. The van der Waals surface area contributed by atoms with E-state index in [1.807, 2.05) is 27.7 Å². The minimum absolute atomic E-state index is 0.318. The van der Waals surface area contributed by atoms with Gasteiger partial charge in [0, 0.05) is 30.5 Å². The van der Waals surface area contributed by atoms with Crippen molar-refractivity contribution < 1.29 is 14.6 Å². The Hall–Kier alpha value is -1.14. The van der Waals surface area contributed by atoms with Crippen molar-refractivity contribution in [3.63, 3.8) is 0 Å². The van der Waals surface area contributed by atoms with Crippen LogP contribution in [-0.2, 0) is 9.53 Å². The average Bonchev–Trinajstić information content (AvgIpc) is 2.55. The maximum atomic E-state index is 12.1. The predicted molar refractivity (Wildman–Crippen MR) is 108 cm³/mol. The van der Waals surface area contributed by atoms with E-state index in [1.54, 1.807) is 6.20 Å². The van der Waals surface area contributed by atoms with Crippen LogP contribution in [0.2, 0.25) is 0 Å². The third-order valence-electron chi connectivity index (χ3n) is 5.45. The number of carboxylic acid groups (broad SMARTS) is 1. The maximum Gasteiger partial charge on any atom is 0.337 e. The SMILES string of the molecule is CCC(C)(C)OC(C(=O)O)c1c(C)ncc(Br)c1N1CCC(C)(C)CC1. The lowest BCUT2D eigenvalue weighted by Crippen LogP contribution is -2.39. The van der Waals surface area contributed by atoms with Crippen LogP contribution >= 0.6 is 15.9 Å². The van der Waals surface area contributed by atoms with Crippen molar-refractivity contribution in [1.29, 1.82) is 0 Å². The van der Waals surface area contributed by atoms with Gasteiger partial charge in [-0.15, -0.1) is 0 Å². The third kappa shape index (κ3) is 4.77. The van der Waals surface area contributed by atoms with E-state index in [4.69, 9.17) is 4.74 Å². The molecule has 0 radical (unpaired) electrons. The molecule has 1 aliphatic rings. The summed E-state index contributed by atoms with van der Waals surface area (Å²) in [4.78, 5) is 18.8. The summed E-state index contributed by atoms with van der Waals surface area (Å²) in [6.07, 6.45) is 3.58. The van der Waals surface area contributed by atoms with E-state index in [9.17, 15) is 9.90 Å². The normalized spacial score (nSPS) is 18.7. The van der Waals surface area contributed by atoms with Gasteiger partial charge in [0.1, 0.15) is 0 Å².